The van der Waals surface area contributed by atoms with Crippen molar-refractivity contribution in [2.24, 2.45) is 4.99 Å². The number of benzene rings is 4. The van der Waals surface area contributed by atoms with E-state index in [9.17, 15) is 14.7 Å². The summed E-state index contributed by atoms with van der Waals surface area (Å²) in [5.41, 5.74) is 4.57. The number of aliphatic imine (C=N–C) groups is 1. The number of rotatable bonds is 7. The molecule has 7 nitrogen and oxygen atoms in total. The summed E-state index contributed by atoms with van der Waals surface area (Å²) in [6, 6.07) is 34.7. The highest BCUT2D eigenvalue weighted by Gasteiger charge is 2.17. The molecule has 0 radical (unpaired) electrons. The van der Waals surface area contributed by atoms with Crippen molar-refractivity contribution in [3.8, 4) is 0 Å². The fourth-order valence-corrected chi connectivity index (χ4v) is 4.65. The third-order valence-electron chi connectivity index (χ3n) is 6.62. The first kappa shape index (κ1) is 25.5. The molecule has 41 heavy (non-hydrogen) atoms. The number of aromatic nitrogens is 1. The van der Waals surface area contributed by atoms with Gasteiger partial charge in [0.1, 0.15) is 16.9 Å². The summed E-state index contributed by atoms with van der Waals surface area (Å²) >= 11 is 0. The highest BCUT2D eigenvalue weighted by Crippen LogP contribution is 2.31. The molecule has 0 aliphatic rings. The summed E-state index contributed by atoms with van der Waals surface area (Å²) in [5, 5.41) is 14.8. The van der Waals surface area contributed by atoms with Gasteiger partial charge in [-0.1, -0.05) is 78.9 Å². The average Bonchev–Trinajstić information content (AvgIpc) is 3.38. The number of aliphatic carboxylic acids is 1. The molecule has 0 atom stereocenters. The van der Waals surface area contributed by atoms with Crippen LogP contribution in [0.2, 0.25) is 0 Å². The zero-order chi connectivity index (χ0) is 28.2. The Balaban J connectivity index is 1.46. The van der Waals surface area contributed by atoms with Gasteiger partial charge in [0.15, 0.2) is 0 Å². The first-order valence-corrected chi connectivity index (χ1v) is 12.9. The number of hydrogen-bond donors (Lipinski definition) is 2. The Labute approximate surface area is 235 Å². The topological polar surface area (TPSA) is 105 Å². The Morgan fingerprint density at radius 1 is 0.756 bits per heavy atom. The molecule has 2 heterocycles. The number of nitrogens with one attached hydrogen (secondary N) is 1. The van der Waals surface area contributed by atoms with Crippen LogP contribution < -0.4 is 5.32 Å². The van der Waals surface area contributed by atoms with Crippen LogP contribution in [-0.4, -0.2) is 27.7 Å². The van der Waals surface area contributed by atoms with Gasteiger partial charge in [-0.2, -0.15) is 0 Å². The molecule has 0 fully saturated rings. The van der Waals surface area contributed by atoms with Crippen molar-refractivity contribution in [2.45, 2.75) is 0 Å². The van der Waals surface area contributed by atoms with E-state index in [1.165, 1.54) is 6.20 Å². The molecule has 2 aromatic heterocycles. The van der Waals surface area contributed by atoms with Crippen LogP contribution in [0.5, 0.6) is 0 Å². The van der Waals surface area contributed by atoms with Crippen LogP contribution in [0.3, 0.4) is 0 Å². The third-order valence-corrected chi connectivity index (χ3v) is 6.62. The smallest absolute Gasteiger partial charge is 0.337 e. The maximum absolute atomic E-state index is 12.9. The maximum atomic E-state index is 12.9. The summed E-state index contributed by atoms with van der Waals surface area (Å²) in [6.07, 6.45) is 2.91. The van der Waals surface area contributed by atoms with E-state index in [-0.39, 0.29) is 17.2 Å². The van der Waals surface area contributed by atoms with Crippen LogP contribution >= 0.6 is 0 Å². The van der Waals surface area contributed by atoms with E-state index in [4.69, 9.17) is 9.41 Å². The lowest BCUT2D eigenvalue weighted by atomic mass is 10.00. The third kappa shape index (κ3) is 5.24. The Bertz CT molecular complexity index is 1960. The predicted octanol–water partition coefficient (Wildman–Crippen LogP) is 7.20. The Hall–Kier alpha value is -5.82. The number of furan rings is 1. The molecule has 7 heteroatoms. The Kier molecular flexibility index (Phi) is 6.90. The molecule has 198 valence electrons. The summed E-state index contributed by atoms with van der Waals surface area (Å²) in [4.78, 5) is 34.3. The largest absolute Gasteiger partial charge is 0.478 e. The highest BCUT2D eigenvalue weighted by molar-refractivity contribution is 6.20. The zero-order valence-electron chi connectivity index (χ0n) is 21.7. The normalized spacial score (nSPS) is 12.0. The zero-order valence-corrected chi connectivity index (χ0v) is 21.7. The molecule has 0 saturated carbocycles. The molecule has 0 unspecified atom stereocenters. The van der Waals surface area contributed by atoms with Crippen LogP contribution in [-0.2, 0) is 4.79 Å². The highest BCUT2D eigenvalue weighted by atomic mass is 16.4. The van der Waals surface area contributed by atoms with Gasteiger partial charge in [-0.15, -0.1) is 0 Å². The lowest BCUT2D eigenvalue weighted by Gasteiger charge is -2.13. The first-order valence-electron chi connectivity index (χ1n) is 12.9. The van der Waals surface area contributed by atoms with Crippen molar-refractivity contribution < 1.29 is 19.1 Å². The van der Waals surface area contributed by atoms with Gasteiger partial charge in [0.2, 0.25) is 0 Å². The van der Waals surface area contributed by atoms with Crippen LogP contribution in [0.1, 0.15) is 27.2 Å². The molecule has 6 aromatic rings. The molecule has 4 aromatic carbocycles. The summed E-state index contributed by atoms with van der Waals surface area (Å²) in [7, 11) is 0. The van der Waals surface area contributed by atoms with Crippen LogP contribution in [0.25, 0.3) is 27.5 Å². The van der Waals surface area contributed by atoms with Gasteiger partial charge in [-0.05, 0) is 42.0 Å². The van der Waals surface area contributed by atoms with Gasteiger partial charge in [-0.25, -0.2) is 4.79 Å². The van der Waals surface area contributed by atoms with Crippen molar-refractivity contribution in [3.05, 3.63) is 150 Å². The van der Waals surface area contributed by atoms with E-state index < -0.39 is 5.97 Å². The second-order valence-corrected chi connectivity index (χ2v) is 9.22. The standard InChI is InChI=1S/C34H23N3O4/c38-33(29-15-8-9-19-35-29)37-28-14-6-4-13-25(28)32(22-10-2-1-3-11-22)36-21-27(34(39)40)23-17-18-31-26(20-23)24-12-5-7-16-30(24)41-31/h1-21H,(H,37,38)(H,39,40)/b27-21-,36-32?. The van der Waals surface area contributed by atoms with E-state index in [0.29, 0.717) is 28.1 Å². The Morgan fingerprint density at radius 2 is 1.49 bits per heavy atom. The molecule has 0 bridgehead atoms. The lowest BCUT2D eigenvalue weighted by molar-refractivity contribution is -0.130. The first-order chi connectivity index (χ1) is 20.1. The number of carboxylic acid groups (broad SMARTS) is 1. The minimum atomic E-state index is -1.12. The van der Waals surface area contributed by atoms with Gasteiger partial charge in [0.05, 0.1) is 17.0 Å². The van der Waals surface area contributed by atoms with Crippen molar-refractivity contribution in [1.82, 2.24) is 4.98 Å². The predicted molar refractivity (Wildman–Crippen MR) is 160 cm³/mol. The molecule has 0 saturated heterocycles. The fourth-order valence-electron chi connectivity index (χ4n) is 4.65. The van der Waals surface area contributed by atoms with Gasteiger partial charge < -0.3 is 14.8 Å². The molecular formula is C34H23N3O4. The molecule has 2 N–H and O–H groups in total. The number of para-hydroxylation sites is 2. The average molecular weight is 538 g/mol. The molecule has 1 amide bonds. The molecule has 0 spiro atoms. The molecule has 6 rings (SSSR count). The van der Waals surface area contributed by atoms with E-state index in [1.807, 2.05) is 72.8 Å². The van der Waals surface area contributed by atoms with Crippen molar-refractivity contribution in [1.29, 1.82) is 0 Å². The number of anilines is 1. The number of pyridine rings is 1. The number of fused-ring (bicyclic) bond motifs is 3. The summed E-state index contributed by atoms with van der Waals surface area (Å²) in [6.45, 7) is 0. The number of carboxylic acids is 1. The number of carbonyl (C=O) groups is 2. The van der Waals surface area contributed by atoms with Gasteiger partial charge in [-0.3, -0.25) is 14.8 Å². The molecule has 0 aliphatic heterocycles. The van der Waals surface area contributed by atoms with Crippen molar-refractivity contribution in [2.75, 3.05) is 5.32 Å². The number of amides is 1. The maximum Gasteiger partial charge on any atom is 0.337 e. The van der Waals surface area contributed by atoms with Gasteiger partial charge in [0.25, 0.3) is 5.91 Å². The number of carbonyl (C=O) groups excluding carboxylic acids is 1. The van der Waals surface area contributed by atoms with Crippen LogP contribution in [0.15, 0.2) is 137 Å². The van der Waals surface area contributed by atoms with E-state index in [2.05, 4.69) is 10.3 Å². The molecule has 0 aliphatic carbocycles. The number of nitrogens with zero attached hydrogens (tertiary/aromatic N) is 2. The summed E-state index contributed by atoms with van der Waals surface area (Å²) < 4.78 is 5.90. The van der Waals surface area contributed by atoms with Crippen LogP contribution in [0.4, 0.5) is 5.69 Å². The second kappa shape index (κ2) is 11.1. The minimum absolute atomic E-state index is 0.0145. The quantitative estimate of drug-likeness (QED) is 0.166. The second-order valence-electron chi connectivity index (χ2n) is 9.22. The fraction of sp³-hybridized carbons (Fsp3) is 0. The van der Waals surface area contributed by atoms with E-state index in [1.54, 1.807) is 48.7 Å². The van der Waals surface area contributed by atoms with Gasteiger partial charge in [0, 0.05) is 34.3 Å². The van der Waals surface area contributed by atoms with Gasteiger partial charge >= 0.3 is 5.97 Å². The van der Waals surface area contributed by atoms with Crippen molar-refractivity contribution in [3.63, 3.8) is 0 Å². The number of hydrogen-bond acceptors (Lipinski definition) is 5. The minimum Gasteiger partial charge on any atom is -0.478 e. The van der Waals surface area contributed by atoms with Crippen LogP contribution in [0, 0.1) is 0 Å². The monoisotopic (exact) mass is 537 g/mol. The lowest BCUT2D eigenvalue weighted by Crippen LogP contribution is -2.16. The van der Waals surface area contributed by atoms with E-state index in [0.717, 1.165) is 21.9 Å². The molecular weight excluding hydrogens is 514 g/mol. The SMILES string of the molecule is O=C(O)/C(=C\N=C(c1ccccc1)c1ccccc1NC(=O)c1ccccn1)c1ccc2oc3ccccc3c2c1. The van der Waals surface area contributed by atoms with E-state index >= 15 is 0 Å². The van der Waals surface area contributed by atoms with Crippen molar-refractivity contribution >= 4 is 50.8 Å². The Morgan fingerprint density at radius 3 is 2.29 bits per heavy atom. The summed E-state index contributed by atoms with van der Waals surface area (Å²) in [5.74, 6) is -1.49.